The van der Waals surface area contributed by atoms with Crippen molar-refractivity contribution in [2.24, 2.45) is 0 Å². The molecule has 2 aromatic rings. The van der Waals surface area contributed by atoms with Crippen molar-refractivity contribution in [1.82, 2.24) is 9.57 Å². The first-order valence-corrected chi connectivity index (χ1v) is 13.3. The molecular formula is C23H30BrN2O2P. The molecule has 0 radical (unpaired) electrons. The van der Waals surface area contributed by atoms with Gasteiger partial charge in [-0.3, -0.25) is 9.46 Å². The summed E-state index contributed by atoms with van der Waals surface area (Å²) in [5.41, 5.74) is 0.777. The normalized spacial score (nSPS) is 22.1. The summed E-state index contributed by atoms with van der Waals surface area (Å²) in [6, 6.07) is 15.5. The highest BCUT2D eigenvalue weighted by molar-refractivity contribution is 9.10. The number of nitrogens with zero attached hydrogens (tertiary/aromatic N) is 2. The first-order chi connectivity index (χ1) is 14.1. The van der Waals surface area contributed by atoms with Gasteiger partial charge in [0.25, 0.3) is 0 Å². The number of rotatable bonds is 5. The Hall–Kier alpha value is -1.13. The van der Waals surface area contributed by atoms with Crippen molar-refractivity contribution < 1.29 is 9.67 Å². The van der Waals surface area contributed by atoms with Gasteiger partial charge in [0.2, 0.25) is 0 Å². The number of benzene rings is 2. The van der Waals surface area contributed by atoms with Gasteiger partial charge in [0.1, 0.15) is 11.5 Å². The maximum Gasteiger partial charge on any atom is 0.199 e. The lowest BCUT2D eigenvalue weighted by Gasteiger charge is -2.45. The van der Waals surface area contributed by atoms with Crippen LogP contribution in [0.1, 0.15) is 49.9 Å². The molecule has 0 bridgehead atoms. The van der Waals surface area contributed by atoms with Crippen molar-refractivity contribution in [2.45, 2.75) is 44.3 Å². The lowest BCUT2D eigenvalue weighted by molar-refractivity contribution is 0.196. The Bertz CT molecular complexity index is 864. The van der Waals surface area contributed by atoms with E-state index in [0.717, 1.165) is 67.2 Å². The van der Waals surface area contributed by atoms with Crippen LogP contribution in [0.3, 0.4) is 0 Å². The molecule has 2 aliphatic rings. The topological polar surface area (TPSA) is 43.8 Å². The van der Waals surface area contributed by atoms with E-state index < -0.39 is 7.29 Å². The van der Waals surface area contributed by atoms with Crippen molar-refractivity contribution >= 4 is 28.5 Å². The SMILES string of the molecule is O=[P@](c1ccccc1)([C@H](c1cc(Br)ccc1O)N1CCCCC1)N1CCCCC1. The largest absolute Gasteiger partial charge is 0.508 e. The van der Waals surface area contributed by atoms with Gasteiger partial charge < -0.3 is 5.11 Å². The minimum absolute atomic E-state index is 0.233. The van der Waals surface area contributed by atoms with E-state index in [1.165, 1.54) is 12.8 Å². The molecule has 0 amide bonds. The van der Waals surface area contributed by atoms with Gasteiger partial charge in [0.05, 0.1) is 0 Å². The van der Waals surface area contributed by atoms with Crippen LogP contribution in [0.25, 0.3) is 0 Å². The maximum absolute atomic E-state index is 15.2. The van der Waals surface area contributed by atoms with Crippen LogP contribution in [0.15, 0.2) is 53.0 Å². The summed E-state index contributed by atoms with van der Waals surface area (Å²) < 4.78 is 18.3. The average molecular weight is 477 g/mol. The molecule has 0 aromatic heterocycles. The Morgan fingerprint density at radius 1 is 0.862 bits per heavy atom. The Kier molecular flexibility index (Phi) is 6.80. The van der Waals surface area contributed by atoms with Crippen LogP contribution in [0, 0.1) is 0 Å². The molecule has 2 saturated heterocycles. The minimum atomic E-state index is -3.02. The van der Waals surface area contributed by atoms with Gasteiger partial charge >= 0.3 is 0 Å². The summed E-state index contributed by atoms with van der Waals surface area (Å²) in [6.45, 7) is 3.54. The molecule has 0 saturated carbocycles. The molecule has 4 nitrogen and oxygen atoms in total. The quantitative estimate of drug-likeness (QED) is 0.559. The number of hydrogen-bond acceptors (Lipinski definition) is 3. The fourth-order valence-corrected chi connectivity index (χ4v) is 8.81. The molecule has 2 atom stereocenters. The number of aromatic hydroxyl groups is 1. The van der Waals surface area contributed by atoms with Crippen LogP contribution in [0.5, 0.6) is 5.75 Å². The van der Waals surface area contributed by atoms with E-state index in [4.69, 9.17) is 0 Å². The van der Waals surface area contributed by atoms with Crippen molar-refractivity contribution in [3.63, 3.8) is 0 Å². The van der Waals surface area contributed by atoms with E-state index in [1.54, 1.807) is 6.07 Å². The average Bonchev–Trinajstić information content (AvgIpc) is 2.78. The first-order valence-electron chi connectivity index (χ1n) is 10.7. The monoisotopic (exact) mass is 476 g/mol. The summed E-state index contributed by atoms with van der Waals surface area (Å²) in [7, 11) is -3.02. The second-order valence-corrected chi connectivity index (χ2v) is 11.9. The van der Waals surface area contributed by atoms with E-state index in [2.05, 4.69) is 25.5 Å². The summed E-state index contributed by atoms with van der Waals surface area (Å²) in [4.78, 5) is 2.37. The van der Waals surface area contributed by atoms with Gasteiger partial charge in [-0.1, -0.05) is 59.1 Å². The highest BCUT2D eigenvalue weighted by Gasteiger charge is 2.46. The Morgan fingerprint density at radius 3 is 2.14 bits per heavy atom. The van der Waals surface area contributed by atoms with Gasteiger partial charge in [0, 0.05) is 28.4 Å². The third-order valence-electron chi connectivity index (χ3n) is 6.21. The predicted molar refractivity (Wildman–Crippen MR) is 123 cm³/mol. The molecule has 29 heavy (non-hydrogen) atoms. The number of piperidine rings is 2. The number of phenolic OH excluding ortho intramolecular Hbond substituents is 1. The Balaban J connectivity index is 1.90. The number of halogens is 1. The predicted octanol–water partition coefficient (Wildman–Crippen LogP) is 5.73. The molecule has 0 spiro atoms. The second kappa shape index (κ2) is 9.34. The van der Waals surface area contributed by atoms with E-state index in [0.29, 0.717) is 0 Å². The Labute approximate surface area is 182 Å². The van der Waals surface area contributed by atoms with E-state index >= 15 is 4.57 Å². The number of likely N-dealkylation sites (tertiary alicyclic amines) is 1. The van der Waals surface area contributed by atoms with Gasteiger partial charge in [-0.25, -0.2) is 4.67 Å². The number of phenols is 1. The van der Waals surface area contributed by atoms with Crippen LogP contribution in [0.2, 0.25) is 0 Å². The summed E-state index contributed by atoms with van der Waals surface area (Å²) in [5, 5.41) is 11.8. The zero-order valence-corrected chi connectivity index (χ0v) is 19.3. The summed E-state index contributed by atoms with van der Waals surface area (Å²) in [5.74, 6) is -0.0993. The molecule has 0 unspecified atom stereocenters. The zero-order valence-electron chi connectivity index (χ0n) is 16.8. The number of hydrogen-bond donors (Lipinski definition) is 1. The van der Waals surface area contributed by atoms with Gasteiger partial charge in [-0.15, -0.1) is 0 Å². The second-order valence-electron chi connectivity index (χ2n) is 8.15. The van der Waals surface area contributed by atoms with Crippen molar-refractivity contribution in [1.29, 1.82) is 0 Å². The molecule has 0 aliphatic carbocycles. The zero-order chi connectivity index (χ0) is 20.3. The van der Waals surface area contributed by atoms with Crippen molar-refractivity contribution in [3.05, 3.63) is 58.6 Å². The molecule has 2 fully saturated rings. The summed E-state index contributed by atoms with van der Waals surface area (Å²) in [6.07, 6.45) is 6.79. The molecule has 2 heterocycles. The highest BCUT2D eigenvalue weighted by atomic mass is 79.9. The third kappa shape index (κ3) is 4.34. The van der Waals surface area contributed by atoms with Crippen LogP contribution >= 0.6 is 23.2 Å². The third-order valence-corrected chi connectivity index (χ3v) is 10.3. The molecule has 2 aromatic carbocycles. The lowest BCUT2D eigenvalue weighted by Crippen LogP contribution is -2.41. The van der Waals surface area contributed by atoms with Gasteiger partial charge in [-0.05, 0) is 57.0 Å². The van der Waals surface area contributed by atoms with Crippen LogP contribution in [-0.2, 0) is 4.57 Å². The minimum Gasteiger partial charge on any atom is -0.508 e. The first kappa shape index (κ1) is 21.1. The molecule has 6 heteroatoms. The van der Waals surface area contributed by atoms with Crippen LogP contribution < -0.4 is 5.30 Å². The van der Waals surface area contributed by atoms with Crippen molar-refractivity contribution in [3.8, 4) is 5.75 Å². The molecule has 2 aliphatic heterocycles. The van der Waals surface area contributed by atoms with Crippen LogP contribution in [0.4, 0.5) is 0 Å². The molecule has 156 valence electrons. The van der Waals surface area contributed by atoms with Gasteiger partial charge in [0.15, 0.2) is 7.29 Å². The highest BCUT2D eigenvalue weighted by Crippen LogP contribution is 2.64. The molecule has 1 N–H and O–H groups in total. The summed E-state index contributed by atoms with van der Waals surface area (Å²) >= 11 is 3.57. The fraction of sp³-hybridized carbons (Fsp3) is 0.478. The molecular weight excluding hydrogens is 447 g/mol. The molecule has 4 rings (SSSR count). The lowest BCUT2D eigenvalue weighted by atomic mass is 10.1. The van der Waals surface area contributed by atoms with Crippen LogP contribution in [-0.4, -0.2) is 40.9 Å². The van der Waals surface area contributed by atoms with Crippen molar-refractivity contribution in [2.75, 3.05) is 26.2 Å². The van der Waals surface area contributed by atoms with E-state index in [1.807, 2.05) is 42.5 Å². The van der Waals surface area contributed by atoms with Gasteiger partial charge in [-0.2, -0.15) is 0 Å². The van der Waals surface area contributed by atoms with E-state index in [9.17, 15) is 5.11 Å². The fourth-order valence-electron chi connectivity index (χ4n) is 4.78. The Morgan fingerprint density at radius 2 is 1.48 bits per heavy atom. The maximum atomic E-state index is 15.2. The standard InChI is InChI=1S/C23H30BrN2O2P/c24-19-12-13-22(27)21(18-19)23(25-14-6-2-7-15-25)29(28,20-10-4-1-5-11-20)26-16-8-3-9-17-26/h1,4-5,10-13,18,23,27H,2-3,6-9,14-17H2/t23-,29-/m1/s1. The smallest absolute Gasteiger partial charge is 0.199 e. The van der Waals surface area contributed by atoms with E-state index in [-0.39, 0.29) is 11.5 Å².